The molecule has 0 aliphatic heterocycles. The second-order valence-electron chi connectivity index (χ2n) is 6.60. The van der Waals surface area contributed by atoms with E-state index in [-0.39, 0.29) is 11.0 Å². The van der Waals surface area contributed by atoms with Crippen molar-refractivity contribution in [3.63, 3.8) is 0 Å². The molecule has 0 bridgehead atoms. The van der Waals surface area contributed by atoms with E-state index in [0.29, 0.717) is 12.2 Å². The van der Waals surface area contributed by atoms with Crippen molar-refractivity contribution in [1.82, 2.24) is 10.3 Å². The SMILES string of the molecule is CC(C)(C)CC(C)(C)NCc1cccnc1C#N. The summed E-state index contributed by atoms with van der Waals surface area (Å²) < 4.78 is 0. The van der Waals surface area contributed by atoms with E-state index in [9.17, 15) is 0 Å². The van der Waals surface area contributed by atoms with Crippen LogP contribution in [0.15, 0.2) is 18.3 Å². The normalized spacial score (nSPS) is 12.2. The summed E-state index contributed by atoms with van der Waals surface area (Å²) in [6.45, 7) is 11.8. The van der Waals surface area contributed by atoms with Crippen LogP contribution in [-0.4, -0.2) is 10.5 Å². The Hall–Kier alpha value is -1.40. The Kier molecular flexibility index (Phi) is 4.48. The minimum Gasteiger partial charge on any atom is -0.308 e. The molecule has 1 rings (SSSR count). The van der Waals surface area contributed by atoms with Crippen LogP contribution < -0.4 is 5.32 Å². The first-order chi connectivity index (χ1) is 8.23. The number of aromatic nitrogens is 1. The van der Waals surface area contributed by atoms with E-state index in [1.165, 1.54) is 0 Å². The number of rotatable bonds is 4. The fourth-order valence-corrected chi connectivity index (χ4v) is 2.40. The van der Waals surface area contributed by atoms with Crippen molar-refractivity contribution in [3.8, 4) is 6.07 Å². The lowest BCUT2D eigenvalue weighted by Gasteiger charge is -2.33. The molecule has 3 nitrogen and oxygen atoms in total. The molecule has 0 amide bonds. The summed E-state index contributed by atoms with van der Waals surface area (Å²) in [6.07, 6.45) is 2.73. The second kappa shape index (κ2) is 5.49. The van der Waals surface area contributed by atoms with Crippen LogP contribution in [0.3, 0.4) is 0 Å². The Balaban J connectivity index is 2.68. The van der Waals surface area contributed by atoms with Crippen LogP contribution in [0.1, 0.15) is 52.3 Å². The quantitative estimate of drug-likeness (QED) is 0.885. The van der Waals surface area contributed by atoms with Gasteiger partial charge in [-0.15, -0.1) is 0 Å². The molecule has 1 N–H and O–H groups in total. The molecule has 18 heavy (non-hydrogen) atoms. The van der Waals surface area contributed by atoms with Gasteiger partial charge in [0.15, 0.2) is 0 Å². The standard InChI is InChI=1S/C15H23N3/c1-14(2,3)11-15(4,5)18-10-12-7-6-8-17-13(12)9-16/h6-8,18H,10-11H2,1-5H3. The molecule has 0 unspecified atom stereocenters. The van der Waals surface area contributed by atoms with Gasteiger partial charge in [0.1, 0.15) is 11.8 Å². The Morgan fingerprint density at radius 3 is 2.50 bits per heavy atom. The van der Waals surface area contributed by atoms with Gasteiger partial charge in [-0.1, -0.05) is 26.8 Å². The molecule has 0 spiro atoms. The molecule has 0 atom stereocenters. The van der Waals surface area contributed by atoms with Gasteiger partial charge in [-0.3, -0.25) is 0 Å². The molecular formula is C15H23N3. The predicted molar refractivity (Wildman–Crippen MR) is 73.9 cm³/mol. The summed E-state index contributed by atoms with van der Waals surface area (Å²) in [6, 6.07) is 5.95. The van der Waals surface area contributed by atoms with Crippen LogP contribution in [0, 0.1) is 16.7 Å². The highest BCUT2D eigenvalue weighted by molar-refractivity contribution is 5.30. The van der Waals surface area contributed by atoms with E-state index in [0.717, 1.165) is 12.0 Å². The Morgan fingerprint density at radius 2 is 1.94 bits per heavy atom. The molecular weight excluding hydrogens is 222 g/mol. The van der Waals surface area contributed by atoms with Gasteiger partial charge in [-0.05, 0) is 31.7 Å². The largest absolute Gasteiger partial charge is 0.308 e. The molecule has 0 aliphatic carbocycles. The smallest absolute Gasteiger partial charge is 0.144 e. The van der Waals surface area contributed by atoms with Gasteiger partial charge in [-0.25, -0.2) is 4.98 Å². The lowest BCUT2D eigenvalue weighted by atomic mass is 9.82. The first-order valence-electron chi connectivity index (χ1n) is 6.32. The zero-order valence-corrected chi connectivity index (χ0v) is 12.0. The second-order valence-corrected chi connectivity index (χ2v) is 6.60. The Morgan fingerprint density at radius 1 is 1.28 bits per heavy atom. The zero-order chi connectivity index (χ0) is 13.8. The number of pyridine rings is 1. The van der Waals surface area contributed by atoms with Crippen molar-refractivity contribution in [2.24, 2.45) is 5.41 Å². The molecule has 0 radical (unpaired) electrons. The van der Waals surface area contributed by atoms with Crippen LogP contribution in [0.25, 0.3) is 0 Å². The summed E-state index contributed by atoms with van der Waals surface area (Å²) in [5.41, 5.74) is 1.79. The summed E-state index contributed by atoms with van der Waals surface area (Å²) in [5, 5.41) is 12.5. The van der Waals surface area contributed by atoms with Gasteiger partial charge < -0.3 is 5.32 Å². The monoisotopic (exact) mass is 245 g/mol. The highest BCUT2D eigenvalue weighted by Crippen LogP contribution is 2.27. The highest BCUT2D eigenvalue weighted by atomic mass is 15.0. The first-order valence-corrected chi connectivity index (χ1v) is 6.32. The van der Waals surface area contributed by atoms with Crippen molar-refractivity contribution < 1.29 is 0 Å². The summed E-state index contributed by atoms with van der Waals surface area (Å²) in [4.78, 5) is 4.07. The van der Waals surface area contributed by atoms with Gasteiger partial charge in [0.25, 0.3) is 0 Å². The molecule has 0 saturated carbocycles. The van der Waals surface area contributed by atoms with Gasteiger partial charge in [0, 0.05) is 23.8 Å². The van der Waals surface area contributed by atoms with E-state index < -0.39 is 0 Å². The van der Waals surface area contributed by atoms with E-state index >= 15 is 0 Å². The van der Waals surface area contributed by atoms with Crippen molar-refractivity contribution in [1.29, 1.82) is 5.26 Å². The average molecular weight is 245 g/mol. The number of nitrogens with zero attached hydrogens (tertiary/aromatic N) is 2. The highest BCUT2D eigenvalue weighted by Gasteiger charge is 2.24. The summed E-state index contributed by atoms with van der Waals surface area (Å²) >= 11 is 0. The molecule has 3 heteroatoms. The third kappa shape index (κ3) is 4.85. The molecule has 1 aromatic heterocycles. The maximum Gasteiger partial charge on any atom is 0.144 e. The van der Waals surface area contributed by atoms with Gasteiger partial charge >= 0.3 is 0 Å². The van der Waals surface area contributed by atoms with Crippen molar-refractivity contribution in [2.75, 3.05) is 0 Å². The lowest BCUT2D eigenvalue weighted by Crippen LogP contribution is -2.42. The van der Waals surface area contributed by atoms with E-state index in [1.807, 2.05) is 12.1 Å². The van der Waals surface area contributed by atoms with Crippen molar-refractivity contribution in [3.05, 3.63) is 29.6 Å². The molecule has 0 fully saturated rings. The van der Waals surface area contributed by atoms with Crippen LogP contribution in [-0.2, 0) is 6.54 Å². The number of hydrogen-bond acceptors (Lipinski definition) is 3. The summed E-state index contributed by atoms with van der Waals surface area (Å²) in [5.74, 6) is 0. The number of hydrogen-bond donors (Lipinski definition) is 1. The van der Waals surface area contributed by atoms with E-state index in [2.05, 4.69) is 51.0 Å². The third-order valence-corrected chi connectivity index (χ3v) is 2.73. The minimum absolute atomic E-state index is 0.0425. The van der Waals surface area contributed by atoms with Crippen LogP contribution >= 0.6 is 0 Å². The Labute approximate surface area is 110 Å². The van der Waals surface area contributed by atoms with Crippen molar-refractivity contribution >= 4 is 0 Å². The third-order valence-electron chi connectivity index (χ3n) is 2.73. The predicted octanol–water partition coefficient (Wildman–Crippen LogP) is 3.26. The molecule has 0 saturated heterocycles. The topological polar surface area (TPSA) is 48.7 Å². The van der Waals surface area contributed by atoms with Gasteiger partial charge in [0.05, 0.1) is 0 Å². The zero-order valence-electron chi connectivity index (χ0n) is 12.0. The minimum atomic E-state index is 0.0425. The van der Waals surface area contributed by atoms with E-state index in [4.69, 9.17) is 5.26 Å². The molecule has 0 aromatic carbocycles. The van der Waals surface area contributed by atoms with Gasteiger partial charge in [0.2, 0.25) is 0 Å². The molecule has 0 aliphatic rings. The average Bonchev–Trinajstić information content (AvgIpc) is 2.23. The summed E-state index contributed by atoms with van der Waals surface area (Å²) in [7, 11) is 0. The molecule has 1 aromatic rings. The molecule has 1 heterocycles. The fraction of sp³-hybridized carbons (Fsp3) is 0.600. The fourth-order valence-electron chi connectivity index (χ4n) is 2.40. The maximum absolute atomic E-state index is 8.99. The van der Waals surface area contributed by atoms with E-state index in [1.54, 1.807) is 6.20 Å². The molecule has 98 valence electrons. The Bertz CT molecular complexity index is 436. The van der Waals surface area contributed by atoms with Crippen LogP contribution in [0.2, 0.25) is 0 Å². The van der Waals surface area contributed by atoms with Gasteiger partial charge in [-0.2, -0.15) is 5.26 Å². The first kappa shape index (κ1) is 14.7. The van der Waals surface area contributed by atoms with Crippen molar-refractivity contribution in [2.45, 2.75) is 53.1 Å². The lowest BCUT2D eigenvalue weighted by molar-refractivity contribution is 0.240. The number of nitriles is 1. The number of nitrogens with one attached hydrogen (secondary N) is 1. The maximum atomic E-state index is 8.99. The van der Waals surface area contributed by atoms with Crippen LogP contribution in [0.4, 0.5) is 0 Å². The van der Waals surface area contributed by atoms with Crippen LogP contribution in [0.5, 0.6) is 0 Å².